The van der Waals surface area contributed by atoms with Crippen LogP contribution in [0.3, 0.4) is 0 Å². The summed E-state index contributed by atoms with van der Waals surface area (Å²) in [6, 6.07) is 13.2. The van der Waals surface area contributed by atoms with E-state index in [1.165, 1.54) is 32.4 Å². The van der Waals surface area contributed by atoms with Crippen molar-refractivity contribution in [3.63, 3.8) is 0 Å². The van der Waals surface area contributed by atoms with E-state index in [1.54, 1.807) is 12.1 Å². The minimum Gasteiger partial charge on any atom is -0.508 e. The molecule has 2 aromatic rings. The summed E-state index contributed by atoms with van der Waals surface area (Å²) in [6.07, 6.45) is 4.31. The molecule has 0 aromatic heterocycles. The maximum absolute atomic E-state index is 12.1. The molecule has 1 fully saturated rings. The number of nitrogens with one attached hydrogen (secondary N) is 1. The Bertz CT molecular complexity index is 815. The highest BCUT2D eigenvalue weighted by atomic mass is 16.5. The number of carbonyl (C=O) groups excluding carboxylic acids is 1. The van der Waals surface area contributed by atoms with Crippen LogP contribution in [0.1, 0.15) is 42.7 Å². The van der Waals surface area contributed by atoms with Gasteiger partial charge < -0.3 is 15.2 Å². The Morgan fingerprint density at radius 3 is 2.81 bits per heavy atom. The third-order valence-electron chi connectivity index (χ3n) is 5.46. The standard InChI is InChI=1S/C22H26N2O3/c25-17-7-8-19-20(15-22(26)23-21(19)14-17)16-5-4-6-18(13-16)27-12-11-24-9-2-1-3-10-24/h4-8,13-14,20,25H,1-3,9-12,15H2,(H,23,26). The molecule has 1 saturated heterocycles. The van der Waals surface area contributed by atoms with E-state index >= 15 is 0 Å². The number of nitrogens with zero attached hydrogens (tertiary/aromatic N) is 1. The maximum Gasteiger partial charge on any atom is 0.225 e. The number of benzene rings is 2. The van der Waals surface area contributed by atoms with Gasteiger partial charge in [-0.05, 0) is 55.3 Å². The summed E-state index contributed by atoms with van der Waals surface area (Å²) < 4.78 is 5.99. The highest BCUT2D eigenvalue weighted by molar-refractivity contribution is 5.95. The van der Waals surface area contributed by atoms with Gasteiger partial charge in [0, 0.05) is 30.6 Å². The normalized spacial score (nSPS) is 20.0. The molecule has 2 N–H and O–H groups in total. The van der Waals surface area contributed by atoms with Crippen LogP contribution in [0.5, 0.6) is 11.5 Å². The molecule has 0 saturated carbocycles. The van der Waals surface area contributed by atoms with Crippen molar-refractivity contribution in [2.24, 2.45) is 0 Å². The average molecular weight is 366 g/mol. The number of fused-ring (bicyclic) bond motifs is 1. The highest BCUT2D eigenvalue weighted by Gasteiger charge is 2.27. The summed E-state index contributed by atoms with van der Waals surface area (Å²) in [5.74, 6) is 0.940. The van der Waals surface area contributed by atoms with Gasteiger partial charge in [0.05, 0.1) is 0 Å². The summed E-state index contributed by atoms with van der Waals surface area (Å²) in [6.45, 7) is 3.98. The van der Waals surface area contributed by atoms with Crippen LogP contribution < -0.4 is 10.1 Å². The van der Waals surface area contributed by atoms with Crippen molar-refractivity contribution in [3.8, 4) is 11.5 Å². The van der Waals surface area contributed by atoms with Crippen molar-refractivity contribution in [1.29, 1.82) is 0 Å². The Kier molecular flexibility index (Phi) is 5.30. The van der Waals surface area contributed by atoms with E-state index in [4.69, 9.17) is 4.74 Å². The number of carbonyl (C=O) groups is 1. The van der Waals surface area contributed by atoms with Crippen molar-refractivity contribution in [1.82, 2.24) is 4.90 Å². The topological polar surface area (TPSA) is 61.8 Å². The largest absolute Gasteiger partial charge is 0.508 e. The second-order valence-electron chi connectivity index (χ2n) is 7.40. The predicted octanol–water partition coefficient (Wildman–Crippen LogP) is 3.73. The molecule has 5 heteroatoms. The maximum atomic E-state index is 12.1. The van der Waals surface area contributed by atoms with Crippen LogP contribution in [-0.4, -0.2) is 42.2 Å². The number of likely N-dealkylation sites (tertiary alicyclic amines) is 1. The van der Waals surface area contributed by atoms with Crippen LogP contribution in [0.15, 0.2) is 42.5 Å². The van der Waals surface area contributed by atoms with Gasteiger partial charge in [0.1, 0.15) is 18.1 Å². The Labute approximate surface area is 160 Å². The Balaban J connectivity index is 1.47. The molecule has 27 heavy (non-hydrogen) atoms. The zero-order valence-corrected chi connectivity index (χ0v) is 15.5. The summed E-state index contributed by atoms with van der Waals surface area (Å²) in [7, 11) is 0. The molecule has 0 spiro atoms. The fourth-order valence-corrected chi connectivity index (χ4v) is 4.05. The molecule has 142 valence electrons. The number of amides is 1. The van der Waals surface area contributed by atoms with Crippen molar-refractivity contribution in [2.45, 2.75) is 31.6 Å². The lowest BCUT2D eigenvalue weighted by Crippen LogP contribution is -2.33. The van der Waals surface area contributed by atoms with Gasteiger partial charge >= 0.3 is 0 Å². The van der Waals surface area contributed by atoms with Crippen molar-refractivity contribution in [3.05, 3.63) is 53.6 Å². The van der Waals surface area contributed by atoms with Gasteiger partial charge in [-0.25, -0.2) is 0 Å². The van der Waals surface area contributed by atoms with Gasteiger partial charge in [0.2, 0.25) is 5.91 Å². The SMILES string of the molecule is O=C1CC(c2cccc(OCCN3CCCCC3)c2)c2ccc(O)cc2N1. The Hall–Kier alpha value is -2.53. The van der Waals surface area contributed by atoms with E-state index in [1.807, 2.05) is 30.3 Å². The van der Waals surface area contributed by atoms with Crippen LogP contribution in [-0.2, 0) is 4.79 Å². The number of anilines is 1. The van der Waals surface area contributed by atoms with Gasteiger partial charge in [-0.15, -0.1) is 0 Å². The average Bonchev–Trinajstić information content (AvgIpc) is 2.68. The lowest BCUT2D eigenvalue weighted by molar-refractivity contribution is -0.116. The first-order valence-electron chi connectivity index (χ1n) is 9.77. The van der Waals surface area contributed by atoms with Gasteiger partial charge in [0.15, 0.2) is 0 Å². The van der Waals surface area contributed by atoms with E-state index in [2.05, 4.69) is 10.2 Å². The van der Waals surface area contributed by atoms with Gasteiger partial charge in [0.25, 0.3) is 0 Å². The number of hydrogen-bond acceptors (Lipinski definition) is 4. The van der Waals surface area contributed by atoms with Gasteiger partial charge in [-0.3, -0.25) is 9.69 Å². The lowest BCUT2D eigenvalue weighted by atomic mass is 9.84. The van der Waals surface area contributed by atoms with E-state index < -0.39 is 0 Å². The molecule has 5 nitrogen and oxygen atoms in total. The molecule has 2 aromatic carbocycles. The third kappa shape index (κ3) is 4.25. The Morgan fingerprint density at radius 2 is 1.96 bits per heavy atom. The molecule has 0 radical (unpaired) electrons. The zero-order valence-electron chi connectivity index (χ0n) is 15.5. The third-order valence-corrected chi connectivity index (χ3v) is 5.46. The number of aromatic hydroxyl groups is 1. The van der Waals surface area contributed by atoms with Gasteiger partial charge in [-0.1, -0.05) is 24.6 Å². The molecule has 4 rings (SSSR count). The predicted molar refractivity (Wildman–Crippen MR) is 105 cm³/mol. The van der Waals surface area contributed by atoms with Gasteiger partial charge in [-0.2, -0.15) is 0 Å². The quantitative estimate of drug-likeness (QED) is 0.846. The summed E-state index contributed by atoms with van der Waals surface area (Å²) in [4.78, 5) is 14.6. The zero-order chi connectivity index (χ0) is 18.6. The number of phenols is 1. The van der Waals surface area contributed by atoms with Crippen LogP contribution >= 0.6 is 0 Å². The Morgan fingerprint density at radius 1 is 1.11 bits per heavy atom. The molecular weight excluding hydrogens is 340 g/mol. The fraction of sp³-hybridized carbons (Fsp3) is 0.409. The smallest absolute Gasteiger partial charge is 0.225 e. The summed E-state index contributed by atoms with van der Waals surface area (Å²) in [5, 5.41) is 12.6. The van der Waals surface area contributed by atoms with Crippen LogP contribution in [0.4, 0.5) is 5.69 Å². The van der Waals surface area contributed by atoms with E-state index in [0.29, 0.717) is 18.7 Å². The number of piperidine rings is 1. The summed E-state index contributed by atoms with van der Waals surface area (Å²) >= 11 is 0. The number of phenolic OH excluding ortho intramolecular Hbond substituents is 1. The monoisotopic (exact) mass is 366 g/mol. The highest BCUT2D eigenvalue weighted by Crippen LogP contribution is 2.39. The van der Waals surface area contributed by atoms with E-state index in [0.717, 1.165) is 23.4 Å². The van der Waals surface area contributed by atoms with Crippen molar-refractivity contribution in [2.75, 3.05) is 31.6 Å². The first-order valence-corrected chi connectivity index (χ1v) is 9.77. The van der Waals surface area contributed by atoms with Crippen molar-refractivity contribution < 1.29 is 14.6 Å². The molecule has 1 unspecified atom stereocenters. The van der Waals surface area contributed by atoms with Crippen LogP contribution in [0.25, 0.3) is 0 Å². The second kappa shape index (κ2) is 8.01. The summed E-state index contributed by atoms with van der Waals surface area (Å²) in [5.41, 5.74) is 2.78. The number of ether oxygens (including phenoxy) is 1. The molecule has 0 aliphatic carbocycles. The molecule has 2 aliphatic rings. The molecule has 0 bridgehead atoms. The minimum absolute atomic E-state index is 0.0278. The van der Waals surface area contributed by atoms with Crippen molar-refractivity contribution >= 4 is 11.6 Å². The molecular formula is C22H26N2O3. The molecule has 2 heterocycles. The van der Waals surface area contributed by atoms with Crippen LogP contribution in [0, 0.1) is 0 Å². The fourth-order valence-electron chi connectivity index (χ4n) is 4.05. The lowest BCUT2D eigenvalue weighted by Gasteiger charge is -2.27. The first kappa shape index (κ1) is 17.9. The van der Waals surface area contributed by atoms with E-state index in [-0.39, 0.29) is 17.6 Å². The van der Waals surface area contributed by atoms with E-state index in [9.17, 15) is 9.90 Å². The first-order chi connectivity index (χ1) is 13.2. The number of hydrogen-bond donors (Lipinski definition) is 2. The number of rotatable bonds is 5. The molecule has 1 amide bonds. The minimum atomic E-state index is -0.0329. The van der Waals surface area contributed by atoms with Crippen LogP contribution in [0.2, 0.25) is 0 Å². The molecule has 2 aliphatic heterocycles. The molecule has 1 atom stereocenters. The second-order valence-corrected chi connectivity index (χ2v) is 7.40.